The Morgan fingerprint density at radius 3 is 2.62 bits per heavy atom. The molecule has 0 aliphatic carbocycles. The molecule has 1 N–H and O–H groups in total. The Morgan fingerprint density at radius 2 is 2.00 bits per heavy atom. The molecule has 2 aromatic rings. The van der Waals surface area contributed by atoms with Crippen LogP contribution in [-0.2, 0) is 4.79 Å². The number of furan rings is 1. The van der Waals surface area contributed by atoms with Gasteiger partial charge >= 0.3 is 5.97 Å². The third kappa shape index (κ3) is 3.43. The van der Waals surface area contributed by atoms with Gasteiger partial charge in [-0.15, -0.1) is 0 Å². The lowest BCUT2D eigenvalue weighted by Gasteiger charge is -2.37. The first-order chi connectivity index (χ1) is 11.6. The zero-order valence-electron chi connectivity index (χ0n) is 13.8. The molecule has 0 spiro atoms. The molecular formula is C18H22N2O4. The second-order valence-electron chi connectivity index (χ2n) is 6.13. The molecule has 2 heterocycles. The minimum absolute atomic E-state index is 0.0543. The molecule has 0 saturated carbocycles. The molecule has 1 aromatic carbocycles. The number of fused-ring (bicyclic) bond motifs is 1. The van der Waals surface area contributed by atoms with E-state index in [4.69, 9.17) is 9.52 Å². The van der Waals surface area contributed by atoms with Crippen molar-refractivity contribution in [3.8, 4) is 0 Å². The largest absolute Gasteiger partial charge is 0.480 e. The number of likely N-dealkylation sites (N-methyl/N-ethyl adjacent to an activating group) is 1. The van der Waals surface area contributed by atoms with Gasteiger partial charge in [-0.3, -0.25) is 14.5 Å². The summed E-state index contributed by atoms with van der Waals surface area (Å²) < 4.78 is 5.65. The van der Waals surface area contributed by atoms with E-state index < -0.39 is 5.97 Å². The van der Waals surface area contributed by atoms with Crippen LogP contribution in [0, 0.1) is 0 Å². The first kappa shape index (κ1) is 16.5. The number of piperidine rings is 1. The predicted octanol–water partition coefficient (Wildman–Crippen LogP) is 2.44. The Bertz CT molecular complexity index is 698. The van der Waals surface area contributed by atoms with Gasteiger partial charge in [-0.05, 0) is 31.5 Å². The van der Waals surface area contributed by atoms with E-state index >= 15 is 0 Å². The third-order valence-corrected chi connectivity index (χ3v) is 4.65. The summed E-state index contributed by atoms with van der Waals surface area (Å²) in [5.74, 6) is -0.531. The van der Waals surface area contributed by atoms with Gasteiger partial charge in [0.25, 0.3) is 5.91 Å². The number of carbonyl (C=O) groups excluding carboxylic acids is 1. The SMILES string of the molecule is CCN(CC(=O)O)C1CCN(C(=O)c2cc3ccccc3o2)CC1. The summed E-state index contributed by atoms with van der Waals surface area (Å²) in [5, 5.41) is 9.91. The van der Waals surface area contributed by atoms with E-state index in [0.717, 1.165) is 18.2 Å². The van der Waals surface area contributed by atoms with E-state index in [2.05, 4.69) is 0 Å². The Labute approximate surface area is 140 Å². The van der Waals surface area contributed by atoms with Crippen LogP contribution in [0.2, 0.25) is 0 Å². The normalized spacial score (nSPS) is 16.0. The maximum absolute atomic E-state index is 12.6. The molecule has 128 valence electrons. The van der Waals surface area contributed by atoms with Gasteiger partial charge in [0.2, 0.25) is 0 Å². The molecule has 0 radical (unpaired) electrons. The Hall–Kier alpha value is -2.34. The molecular weight excluding hydrogens is 308 g/mol. The number of likely N-dealkylation sites (tertiary alicyclic amines) is 1. The molecule has 3 rings (SSSR count). The van der Waals surface area contributed by atoms with Crippen LogP contribution >= 0.6 is 0 Å². The average Bonchev–Trinajstić information content (AvgIpc) is 3.03. The fourth-order valence-corrected chi connectivity index (χ4v) is 3.35. The Kier molecular flexibility index (Phi) is 4.85. The number of rotatable bonds is 5. The summed E-state index contributed by atoms with van der Waals surface area (Å²) in [6.45, 7) is 3.97. The highest BCUT2D eigenvalue weighted by Gasteiger charge is 2.28. The Morgan fingerprint density at radius 1 is 1.29 bits per heavy atom. The second kappa shape index (κ2) is 7.05. The molecule has 1 fully saturated rings. The quantitative estimate of drug-likeness (QED) is 0.911. The van der Waals surface area contributed by atoms with E-state index in [1.54, 1.807) is 11.0 Å². The van der Waals surface area contributed by atoms with Crippen LogP contribution in [0.1, 0.15) is 30.3 Å². The van der Waals surface area contributed by atoms with Gasteiger partial charge < -0.3 is 14.4 Å². The number of benzene rings is 1. The van der Waals surface area contributed by atoms with E-state index in [9.17, 15) is 9.59 Å². The smallest absolute Gasteiger partial charge is 0.317 e. The summed E-state index contributed by atoms with van der Waals surface area (Å²) in [7, 11) is 0. The number of amides is 1. The summed E-state index contributed by atoms with van der Waals surface area (Å²) in [6, 6.07) is 9.57. The molecule has 6 heteroatoms. The lowest BCUT2D eigenvalue weighted by atomic mass is 10.0. The maximum atomic E-state index is 12.6. The average molecular weight is 330 g/mol. The topological polar surface area (TPSA) is 74.0 Å². The van der Waals surface area contributed by atoms with Gasteiger partial charge in [0.1, 0.15) is 5.58 Å². The Balaban J connectivity index is 1.63. The van der Waals surface area contributed by atoms with Gasteiger partial charge in [-0.25, -0.2) is 0 Å². The fraction of sp³-hybridized carbons (Fsp3) is 0.444. The minimum Gasteiger partial charge on any atom is -0.480 e. The first-order valence-electron chi connectivity index (χ1n) is 8.32. The molecule has 0 bridgehead atoms. The van der Waals surface area contributed by atoms with Crippen molar-refractivity contribution in [3.63, 3.8) is 0 Å². The number of hydrogen-bond donors (Lipinski definition) is 1. The van der Waals surface area contributed by atoms with E-state index in [0.29, 0.717) is 31.0 Å². The number of hydrogen-bond acceptors (Lipinski definition) is 4. The van der Waals surface area contributed by atoms with Gasteiger partial charge in [-0.1, -0.05) is 25.1 Å². The van der Waals surface area contributed by atoms with E-state index in [-0.39, 0.29) is 18.5 Å². The van der Waals surface area contributed by atoms with Gasteiger partial charge in [0.15, 0.2) is 5.76 Å². The van der Waals surface area contributed by atoms with Crippen molar-refractivity contribution in [3.05, 3.63) is 36.1 Å². The molecule has 0 atom stereocenters. The van der Waals surface area contributed by atoms with Gasteiger partial charge in [0, 0.05) is 24.5 Å². The van der Waals surface area contributed by atoms with Crippen molar-refractivity contribution >= 4 is 22.8 Å². The molecule has 1 aliphatic heterocycles. The van der Waals surface area contributed by atoms with Gasteiger partial charge in [-0.2, -0.15) is 0 Å². The third-order valence-electron chi connectivity index (χ3n) is 4.65. The lowest BCUT2D eigenvalue weighted by Crippen LogP contribution is -2.48. The van der Waals surface area contributed by atoms with Crippen molar-refractivity contribution in [2.45, 2.75) is 25.8 Å². The number of aliphatic carboxylic acids is 1. The highest BCUT2D eigenvalue weighted by Crippen LogP contribution is 2.23. The van der Waals surface area contributed by atoms with Crippen LogP contribution < -0.4 is 0 Å². The van der Waals surface area contributed by atoms with Crippen molar-refractivity contribution in [1.82, 2.24) is 9.80 Å². The molecule has 6 nitrogen and oxygen atoms in total. The summed E-state index contributed by atoms with van der Waals surface area (Å²) in [5.41, 5.74) is 0.717. The van der Waals surface area contributed by atoms with Crippen molar-refractivity contribution in [2.75, 3.05) is 26.2 Å². The van der Waals surface area contributed by atoms with E-state index in [1.165, 1.54) is 0 Å². The first-order valence-corrected chi connectivity index (χ1v) is 8.32. The fourth-order valence-electron chi connectivity index (χ4n) is 3.35. The lowest BCUT2D eigenvalue weighted by molar-refractivity contribution is -0.139. The molecule has 1 amide bonds. The number of para-hydroxylation sites is 1. The van der Waals surface area contributed by atoms with Crippen LogP contribution in [0.25, 0.3) is 11.0 Å². The summed E-state index contributed by atoms with van der Waals surface area (Å²) in [4.78, 5) is 27.3. The van der Waals surface area contributed by atoms with Crippen molar-refractivity contribution < 1.29 is 19.1 Å². The van der Waals surface area contributed by atoms with Crippen molar-refractivity contribution in [1.29, 1.82) is 0 Å². The van der Waals surface area contributed by atoms with Crippen LogP contribution in [0.4, 0.5) is 0 Å². The molecule has 0 unspecified atom stereocenters. The zero-order valence-corrected chi connectivity index (χ0v) is 13.8. The predicted molar refractivity (Wildman–Crippen MR) is 90.0 cm³/mol. The summed E-state index contributed by atoms with van der Waals surface area (Å²) in [6.07, 6.45) is 1.57. The maximum Gasteiger partial charge on any atom is 0.317 e. The zero-order chi connectivity index (χ0) is 17.1. The summed E-state index contributed by atoms with van der Waals surface area (Å²) >= 11 is 0. The van der Waals surface area contributed by atoms with Crippen LogP contribution in [0.5, 0.6) is 0 Å². The minimum atomic E-state index is -0.808. The highest BCUT2D eigenvalue weighted by atomic mass is 16.4. The number of carboxylic acids is 1. The highest BCUT2D eigenvalue weighted by molar-refractivity contribution is 5.96. The standard InChI is InChI=1S/C18H22N2O4/c1-2-19(12-17(21)22)14-7-9-20(10-8-14)18(23)16-11-13-5-3-4-6-15(13)24-16/h3-6,11,14H,2,7-10,12H2,1H3,(H,21,22). The molecule has 1 saturated heterocycles. The second-order valence-corrected chi connectivity index (χ2v) is 6.13. The number of carboxylic acid groups (broad SMARTS) is 1. The van der Waals surface area contributed by atoms with Crippen LogP contribution in [-0.4, -0.2) is 59.0 Å². The number of nitrogens with zero attached hydrogens (tertiary/aromatic N) is 2. The monoisotopic (exact) mass is 330 g/mol. The van der Waals surface area contributed by atoms with Gasteiger partial charge in [0.05, 0.1) is 6.54 Å². The molecule has 24 heavy (non-hydrogen) atoms. The van der Waals surface area contributed by atoms with Crippen LogP contribution in [0.3, 0.4) is 0 Å². The van der Waals surface area contributed by atoms with E-state index in [1.807, 2.05) is 36.1 Å². The molecule has 1 aromatic heterocycles. The molecule has 1 aliphatic rings. The van der Waals surface area contributed by atoms with Crippen LogP contribution in [0.15, 0.2) is 34.7 Å². The van der Waals surface area contributed by atoms with Crippen molar-refractivity contribution in [2.24, 2.45) is 0 Å². The number of carbonyl (C=O) groups is 2.